The second-order valence-electron chi connectivity index (χ2n) is 6.04. The van der Waals surface area contributed by atoms with E-state index in [1.807, 2.05) is 36.4 Å². The molecule has 0 saturated carbocycles. The van der Waals surface area contributed by atoms with E-state index >= 15 is 0 Å². The Hall–Kier alpha value is -2.30. The number of hydrogen-bond donors (Lipinski definition) is 1. The van der Waals surface area contributed by atoms with Crippen LogP contribution in [0.4, 0.5) is 4.79 Å². The molecule has 1 aromatic rings. The summed E-state index contributed by atoms with van der Waals surface area (Å²) in [6.45, 7) is 1.53. The molecular formula is C17H19NO4. The van der Waals surface area contributed by atoms with Crippen LogP contribution >= 0.6 is 0 Å². The van der Waals surface area contributed by atoms with Crippen LogP contribution in [-0.4, -0.2) is 35.2 Å². The van der Waals surface area contributed by atoms with E-state index in [-0.39, 0.29) is 18.1 Å². The Morgan fingerprint density at radius 1 is 1.18 bits per heavy atom. The Kier molecular flexibility index (Phi) is 3.88. The third-order valence-corrected chi connectivity index (χ3v) is 4.52. The van der Waals surface area contributed by atoms with Gasteiger partial charge in [0.2, 0.25) is 0 Å². The maximum absolute atomic E-state index is 12.1. The minimum Gasteiger partial charge on any atom is -0.478 e. The number of hydrogen-bond acceptors (Lipinski definition) is 3. The molecule has 5 nitrogen and oxygen atoms in total. The monoisotopic (exact) mass is 301 g/mol. The molecule has 1 aliphatic heterocycles. The molecule has 5 heteroatoms. The first-order chi connectivity index (χ1) is 10.6. The highest BCUT2D eigenvalue weighted by atomic mass is 16.6. The van der Waals surface area contributed by atoms with Gasteiger partial charge in [-0.2, -0.15) is 0 Å². The number of nitrogens with zero attached hydrogens (tertiary/aromatic N) is 1. The van der Waals surface area contributed by atoms with Crippen LogP contribution in [0.1, 0.15) is 24.8 Å². The summed E-state index contributed by atoms with van der Waals surface area (Å²) in [5.41, 5.74) is 1.46. The Balaban J connectivity index is 1.48. The SMILES string of the molecule is O=C(O)C1=CC2(CCN(C(=O)OCc3ccccc3)CC2)C1. The molecule has 1 fully saturated rings. The number of likely N-dealkylation sites (tertiary alicyclic amines) is 1. The molecule has 3 rings (SSSR count). The number of aliphatic carboxylic acids is 1. The first-order valence-electron chi connectivity index (χ1n) is 7.49. The summed E-state index contributed by atoms with van der Waals surface area (Å²) >= 11 is 0. The number of benzene rings is 1. The largest absolute Gasteiger partial charge is 0.478 e. The molecule has 0 aromatic heterocycles. The lowest BCUT2D eigenvalue weighted by Gasteiger charge is -2.44. The van der Waals surface area contributed by atoms with E-state index in [9.17, 15) is 9.59 Å². The molecule has 1 aliphatic carbocycles. The van der Waals surface area contributed by atoms with Gasteiger partial charge < -0.3 is 14.7 Å². The Morgan fingerprint density at radius 2 is 1.82 bits per heavy atom. The van der Waals surface area contributed by atoms with Gasteiger partial charge in [0, 0.05) is 18.7 Å². The van der Waals surface area contributed by atoms with Crippen molar-refractivity contribution in [1.29, 1.82) is 0 Å². The molecule has 1 spiro atoms. The van der Waals surface area contributed by atoms with E-state index in [0.717, 1.165) is 18.4 Å². The van der Waals surface area contributed by atoms with Gasteiger partial charge >= 0.3 is 12.1 Å². The third kappa shape index (κ3) is 2.98. The van der Waals surface area contributed by atoms with Gasteiger partial charge in [-0.3, -0.25) is 0 Å². The molecule has 1 saturated heterocycles. The molecule has 1 amide bonds. The third-order valence-electron chi connectivity index (χ3n) is 4.52. The standard InChI is InChI=1S/C17H19NO4/c19-15(20)14-10-17(11-14)6-8-18(9-7-17)16(21)22-12-13-4-2-1-3-5-13/h1-5,10H,6-9,11-12H2,(H,19,20). The zero-order chi connectivity index (χ0) is 15.6. The summed E-state index contributed by atoms with van der Waals surface area (Å²) in [4.78, 5) is 24.6. The Bertz CT molecular complexity index is 600. The molecule has 1 heterocycles. The van der Waals surface area contributed by atoms with Gasteiger partial charge in [-0.15, -0.1) is 0 Å². The lowest BCUT2D eigenvalue weighted by molar-refractivity contribution is -0.133. The van der Waals surface area contributed by atoms with Crippen LogP contribution < -0.4 is 0 Å². The van der Waals surface area contributed by atoms with Crippen LogP contribution in [0.3, 0.4) is 0 Å². The van der Waals surface area contributed by atoms with Gasteiger partial charge in [-0.1, -0.05) is 36.4 Å². The zero-order valence-corrected chi connectivity index (χ0v) is 12.3. The summed E-state index contributed by atoms with van der Waals surface area (Å²) in [5.74, 6) is -0.824. The van der Waals surface area contributed by atoms with E-state index in [1.165, 1.54) is 0 Å². The Labute approximate surface area is 129 Å². The normalized spacial score (nSPS) is 19.3. The van der Waals surface area contributed by atoms with Crippen molar-refractivity contribution in [3.05, 3.63) is 47.5 Å². The summed E-state index contributed by atoms with van der Waals surface area (Å²) in [6, 6.07) is 9.59. The van der Waals surface area contributed by atoms with Gasteiger partial charge in [-0.25, -0.2) is 9.59 Å². The molecule has 2 aliphatic rings. The van der Waals surface area contributed by atoms with E-state index in [4.69, 9.17) is 9.84 Å². The van der Waals surface area contributed by atoms with Gasteiger partial charge in [0.15, 0.2) is 0 Å². The number of amides is 1. The molecule has 1 N–H and O–H groups in total. The molecule has 0 radical (unpaired) electrons. The number of allylic oxidation sites excluding steroid dienone is 1. The summed E-state index contributed by atoms with van der Waals surface area (Å²) < 4.78 is 5.32. The summed E-state index contributed by atoms with van der Waals surface area (Å²) in [7, 11) is 0. The van der Waals surface area contributed by atoms with Crippen LogP contribution in [0.2, 0.25) is 0 Å². The summed E-state index contributed by atoms with van der Waals surface area (Å²) in [5, 5.41) is 8.91. The first-order valence-corrected chi connectivity index (χ1v) is 7.49. The Morgan fingerprint density at radius 3 is 2.41 bits per heavy atom. The molecule has 0 unspecified atom stereocenters. The van der Waals surface area contributed by atoms with E-state index in [0.29, 0.717) is 25.1 Å². The fraction of sp³-hybridized carbons (Fsp3) is 0.412. The molecular weight excluding hydrogens is 282 g/mol. The van der Waals surface area contributed by atoms with Gasteiger partial charge in [0.1, 0.15) is 6.61 Å². The minimum absolute atomic E-state index is 0.00999. The van der Waals surface area contributed by atoms with Crippen molar-refractivity contribution in [2.75, 3.05) is 13.1 Å². The highest BCUT2D eigenvalue weighted by molar-refractivity contribution is 5.88. The van der Waals surface area contributed by atoms with Crippen molar-refractivity contribution in [2.45, 2.75) is 25.9 Å². The average molecular weight is 301 g/mol. The van der Waals surface area contributed by atoms with Gasteiger partial charge in [0.25, 0.3) is 0 Å². The minimum atomic E-state index is -0.824. The number of carbonyl (C=O) groups excluding carboxylic acids is 1. The highest BCUT2D eigenvalue weighted by Gasteiger charge is 2.42. The molecule has 116 valence electrons. The topological polar surface area (TPSA) is 66.8 Å². The fourth-order valence-corrected chi connectivity index (χ4v) is 3.12. The lowest BCUT2D eigenvalue weighted by atomic mass is 9.65. The predicted octanol–water partition coefficient (Wildman–Crippen LogP) is 2.82. The smallest absolute Gasteiger partial charge is 0.410 e. The van der Waals surface area contributed by atoms with E-state index < -0.39 is 5.97 Å². The van der Waals surface area contributed by atoms with Crippen molar-refractivity contribution < 1.29 is 19.4 Å². The molecule has 1 aromatic carbocycles. The van der Waals surface area contributed by atoms with Gasteiger partial charge in [0.05, 0.1) is 0 Å². The molecule has 0 bridgehead atoms. The lowest BCUT2D eigenvalue weighted by Crippen LogP contribution is -2.45. The van der Waals surface area contributed by atoms with Crippen LogP contribution in [-0.2, 0) is 16.1 Å². The van der Waals surface area contributed by atoms with Crippen molar-refractivity contribution in [3.8, 4) is 0 Å². The van der Waals surface area contributed by atoms with Crippen molar-refractivity contribution in [3.63, 3.8) is 0 Å². The zero-order valence-electron chi connectivity index (χ0n) is 12.3. The second-order valence-corrected chi connectivity index (χ2v) is 6.04. The van der Waals surface area contributed by atoms with E-state index in [2.05, 4.69) is 0 Å². The van der Waals surface area contributed by atoms with Crippen molar-refractivity contribution >= 4 is 12.1 Å². The maximum atomic E-state index is 12.1. The quantitative estimate of drug-likeness (QED) is 0.932. The number of carbonyl (C=O) groups is 2. The van der Waals surface area contributed by atoms with Crippen molar-refractivity contribution in [2.24, 2.45) is 5.41 Å². The number of piperidine rings is 1. The number of rotatable bonds is 3. The molecule has 22 heavy (non-hydrogen) atoms. The van der Waals surface area contributed by atoms with E-state index in [1.54, 1.807) is 4.90 Å². The number of carboxylic acids is 1. The average Bonchev–Trinajstić information content (AvgIpc) is 2.51. The van der Waals surface area contributed by atoms with Gasteiger partial charge in [-0.05, 0) is 30.2 Å². The van der Waals surface area contributed by atoms with Crippen molar-refractivity contribution in [1.82, 2.24) is 4.90 Å². The number of carboxylic acid groups (broad SMARTS) is 1. The first kappa shape index (κ1) is 14.6. The summed E-state index contributed by atoms with van der Waals surface area (Å²) in [6.07, 6.45) is 3.81. The van der Waals surface area contributed by atoms with Crippen LogP contribution in [0.5, 0.6) is 0 Å². The highest BCUT2D eigenvalue weighted by Crippen LogP contribution is 2.47. The number of ether oxygens (including phenoxy) is 1. The van der Waals surface area contributed by atoms with Crippen LogP contribution in [0.25, 0.3) is 0 Å². The maximum Gasteiger partial charge on any atom is 0.410 e. The predicted molar refractivity (Wildman–Crippen MR) is 80.2 cm³/mol. The molecule has 0 atom stereocenters. The second kappa shape index (κ2) is 5.83. The fourth-order valence-electron chi connectivity index (χ4n) is 3.12. The van der Waals surface area contributed by atoms with Crippen LogP contribution in [0.15, 0.2) is 42.0 Å². The van der Waals surface area contributed by atoms with Crippen LogP contribution in [0, 0.1) is 5.41 Å².